The average molecular weight is 491 g/mol. The lowest BCUT2D eigenvalue weighted by atomic mass is 10.1. The molecule has 1 aliphatic heterocycles. The number of hydrogen-bond donors (Lipinski definition) is 1. The molecule has 0 saturated carbocycles. The first kappa shape index (κ1) is 23.1. The van der Waals surface area contributed by atoms with Crippen molar-refractivity contribution in [2.45, 2.75) is 24.2 Å². The number of benzene rings is 3. The number of fused-ring (bicyclic) bond motifs is 3. The third-order valence-corrected chi connectivity index (χ3v) is 8.11. The van der Waals surface area contributed by atoms with Crippen molar-refractivity contribution in [2.24, 2.45) is 0 Å². The first-order chi connectivity index (χ1) is 17.0. The first-order valence-corrected chi connectivity index (χ1v) is 13.0. The van der Waals surface area contributed by atoms with Gasteiger partial charge in [-0.3, -0.25) is 4.79 Å². The largest absolute Gasteiger partial charge is 0.495 e. The van der Waals surface area contributed by atoms with Crippen LogP contribution in [0, 0.1) is 0 Å². The zero-order valence-corrected chi connectivity index (χ0v) is 20.2. The van der Waals surface area contributed by atoms with E-state index >= 15 is 0 Å². The molecule has 1 fully saturated rings. The molecule has 0 unspecified atom stereocenters. The summed E-state index contributed by atoms with van der Waals surface area (Å²) < 4.78 is 39.1. The van der Waals surface area contributed by atoms with Gasteiger partial charge in [-0.1, -0.05) is 30.7 Å². The molecule has 4 aromatic rings. The number of furan rings is 1. The van der Waals surface area contributed by atoms with E-state index in [4.69, 9.17) is 9.15 Å². The molecule has 1 amide bonds. The maximum atomic E-state index is 13.2. The van der Waals surface area contributed by atoms with Gasteiger partial charge in [-0.25, -0.2) is 8.42 Å². The van der Waals surface area contributed by atoms with Gasteiger partial charge in [0.2, 0.25) is 15.9 Å². The zero-order valence-electron chi connectivity index (χ0n) is 19.4. The molecule has 0 bridgehead atoms. The highest BCUT2D eigenvalue weighted by molar-refractivity contribution is 7.89. The number of methoxy groups -OCH3 is 1. The van der Waals surface area contributed by atoms with E-state index in [9.17, 15) is 13.2 Å². The van der Waals surface area contributed by atoms with Gasteiger partial charge in [-0.05, 0) is 60.9 Å². The van der Waals surface area contributed by atoms with Crippen LogP contribution >= 0.6 is 0 Å². The molecule has 0 radical (unpaired) electrons. The molecular formula is C27H26N2O5S. The summed E-state index contributed by atoms with van der Waals surface area (Å²) in [6.45, 7) is 1.01. The van der Waals surface area contributed by atoms with Crippen LogP contribution in [0.25, 0.3) is 28.0 Å². The molecule has 5 rings (SSSR count). The molecule has 0 atom stereocenters. The Bertz CT molecular complexity index is 1530. The Hall–Kier alpha value is -3.62. The van der Waals surface area contributed by atoms with Crippen molar-refractivity contribution in [2.75, 3.05) is 25.5 Å². The molecule has 2 heterocycles. The zero-order chi connectivity index (χ0) is 24.4. The fourth-order valence-corrected chi connectivity index (χ4v) is 6.11. The minimum absolute atomic E-state index is 0.113. The summed E-state index contributed by atoms with van der Waals surface area (Å²) in [5.74, 6) is -0.0359. The number of nitrogens with one attached hydrogen (secondary N) is 1. The molecule has 1 N–H and O–H groups in total. The molecule has 1 aliphatic rings. The van der Waals surface area contributed by atoms with Gasteiger partial charge in [0, 0.05) is 35.6 Å². The van der Waals surface area contributed by atoms with E-state index in [0.29, 0.717) is 24.3 Å². The number of carbonyl (C=O) groups excluding carboxylic acids is 1. The summed E-state index contributed by atoms with van der Waals surface area (Å²) in [6.07, 6.45) is 5.71. The van der Waals surface area contributed by atoms with Crippen LogP contribution in [0.3, 0.4) is 0 Å². The summed E-state index contributed by atoms with van der Waals surface area (Å²) >= 11 is 0. The molecule has 180 valence electrons. The van der Waals surface area contributed by atoms with Crippen LogP contribution in [0.15, 0.2) is 76.1 Å². The van der Waals surface area contributed by atoms with E-state index < -0.39 is 10.0 Å². The van der Waals surface area contributed by atoms with Gasteiger partial charge >= 0.3 is 0 Å². The van der Waals surface area contributed by atoms with E-state index in [1.807, 2.05) is 36.4 Å². The van der Waals surface area contributed by atoms with E-state index in [-0.39, 0.29) is 16.6 Å². The minimum Gasteiger partial charge on any atom is -0.495 e. The fourth-order valence-electron chi connectivity index (χ4n) is 4.40. The van der Waals surface area contributed by atoms with Gasteiger partial charge in [0.25, 0.3) is 0 Å². The predicted molar refractivity (Wildman–Crippen MR) is 137 cm³/mol. The van der Waals surface area contributed by atoms with Crippen LogP contribution in [0.2, 0.25) is 0 Å². The molecular weight excluding hydrogens is 464 g/mol. The summed E-state index contributed by atoms with van der Waals surface area (Å²) in [7, 11) is -2.23. The highest BCUT2D eigenvalue weighted by atomic mass is 32.2. The number of sulfonamides is 1. The van der Waals surface area contributed by atoms with Crippen molar-refractivity contribution in [3.8, 4) is 5.75 Å². The number of ether oxygens (including phenoxy) is 1. The number of rotatable bonds is 6. The van der Waals surface area contributed by atoms with Crippen molar-refractivity contribution < 1.29 is 22.4 Å². The second-order valence-corrected chi connectivity index (χ2v) is 10.4. The summed E-state index contributed by atoms with van der Waals surface area (Å²) in [5, 5.41) is 4.76. The first-order valence-electron chi connectivity index (χ1n) is 11.5. The number of para-hydroxylation sites is 1. The van der Waals surface area contributed by atoms with E-state index in [2.05, 4.69) is 5.32 Å². The molecule has 8 heteroatoms. The summed E-state index contributed by atoms with van der Waals surface area (Å²) in [6, 6.07) is 18.1. The normalized spacial score (nSPS) is 15.1. The van der Waals surface area contributed by atoms with Crippen molar-refractivity contribution in [3.05, 3.63) is 72.3 Å². The van der Waals surface area contributed by atoms with Gasteiger partial charge in [0.15, 0.2) is 0 Å². The maximum absolute atomic E-state index is 13.2. The van der Waals surface area contributed by atoms with Crippen molar-refractivity contribution >= 4 is 49.6 Å². The predicted octanol–water partition coefficient (Wildman–Crippen LogP) is 5.42. The minimum atomic E-state index is -3.68. The molecule has 0 spiro atoms. The van der Waals surface area contributed by atoms with Crippen molar-refractivity contribution in [1.29, 1.82) is 0 Å². The highest BCUT2D eigenvalue weighted by Crippen LogP contribution is 2.31. The lowest BCUT2D eigenvalue weighted by molar-refractivity contribution is -0.111. The number of piperidine rings is 1. The summed E-state index contributed by atoms with van der Waals surface area (Å²) in [5.41, 5.74) is 2.77. The Morgan fingerprint density at radius 3 is 2.54 bits per heavy atom. The fraction of sp³-hybridized carbons (Fsp3) is 0.222. The van der Waals surface area contributed by atoms with Crippen LogP contribution in [0.1, 0.15) is 24.8 Å². The number of nitrogens with zero attached hydrogens (tertiary/aromatic N) is 1. The standard InChI is InChI=1S/C27H26N2O5S/c1-33-25-12-9-19(17-26(25)35(31,32)29-15-5-2-6-16-29)10-14-27(30)28-20-11-13-24-22(18-20)21-7-3-4-8-23(21)34-24/h3-4,7-14,17-18H,2,5-6,15-16H2,1H3,(H,28,30)/b14-10+. The smallest absolute Gasteiger partial charge is 0.248 e. The quantitative estimate of drug-likeness (QED) is 0.365. The van der Waals surface area contributed by atoms with Gasteiger partial charge in [-0.15, -0.1) is 0 Å². The van der Waals surface area contributed by atoms with E-state index in [0.717, 1.165) is 41.2 Å². The van der Waals surface area contributed by atoms with Gasteiger partial charge in [0.05, 0.1) is 7.11 Å². The van der Waals surface area contributed by atoms with Crippen LogP contribution in [0.4, 0.5) is 5.69 Å². The highest BCUT2D eigenvalue weighted by Gasteiger charge is 2.29. The third kappa shape index (κ3) is 4.67. The van der Waals surface area contributed by atoms with Crippen molar-refractivity contribution in [1.82, 2.24) is 4.31 Å². The third-order valence-electron chi connectivity index (χ3n) is 6.19. The Kier molecular flexibility index (Phi) is 6.32. The molecule has 1 aromatic heterocycles. The Morgan fingerprint density at radius 1 is 0.971 bits per heavy atom. The monoisotopic (exact) mass is 490 g/mol. The molecule has 35 heavy (non-hydrogen) atoms. The van der Waals surface area contributed by atoms with E-state index in [1.54, 1.807) is 30.3 Å². The van der Waals surface area contributed by atoms with Crippen LogP contribution < -0.4 is 10.1 Å². The molecule has 7 nitrogen and oxygen atoms in total. The molecule has 1 saturated heterocycles. The van der Waals surface area contributed by atoms with Crippen molar-refractivity contribution in [3.63, 3.8) is 0 Å². The Labute approximate surface area is 204 Å². The lowest BCUT2D eigenvalue weighted by Gasteiger charge is -2.26. The maximum Gasteiger partial charge on any atom is 0.248 e. The molecule has 3 aromatic carbocycles. The molecule has 0 aliphatic carbocycles. The van der Waals surface area contributed by atoms with Crippen LogP contribution in [-0.2, 0) is 14.8 Å². The van der Waals surface area contributed by atoms with Crippen LogP contribution in [0.5, 0.6) is 5.75 Å². The topological polar surface area (TPSA) is 88.8 Å². The number of anilines is 1. The van der Waals surface area contributed by atoms with Crippen LogP contribution in [-0.4, -0.2) is 38.8 Å². The van der Waals surface area contributed by atoms with E-state index in [1.165, 1.54) is 17.5 Å². The number of hydrogen-bond acceptors (Lipinski definition) is 5. The second-order valence-electron chi connectivity index (χ2n) is 8.51. The summed E-state index contributed by atoms with van der Waals surface area (Å²) in [4.78, 5) is 12.7. The SMILES string of the molecule is COc1ccc(/C=C/C(=O)Nc2ccc3oc4ccccc4c3c2)cc1S(=O)(=O)N1CCCCC1. The van der Waals surface area contributed by atoms with Gasteiger partial charge in [-0.2, -0.15) is 4.31 Å². The average Bonchev–Trinajstić information content (AvgIpc) is 3.26. The number of carbonyl (C=O) groups is 1. The number of amides is 1. The second kappa shape index (κ2) is 9.56. The Morgan fingerprint density at radius 2 is 1.74 bits per heavy atom. The Balaban J connectivity index is 1.36. The van der Waals surface area contributed by atoms with Gasteiger partial charge < -0.3 is 14.5 Å². The lowest BCUT2D eigenvalue weighted by Crippen LogP contribution is -2.35. The van der Waals surface area contributed by atoms with Gasteiger partial charge in [0.1, 0.15) is 21.8 Å².